The minimum Gasteiger partial charge on any atom is -0.466 e. The summed E-state index contributed by atoms with van der Waals surface area (Å²) < 4.78 is 18.3. The molecule has 0 atom stereocenters. The molecule has 22 heavy (non-hydrogen) atoms. The van der Waals surface area contributed by atoms with Gasteiger partial charge in [0.25, 0.3) is 0 Å². The Balaban J connectivity index is 5.90. The molecule has 0 radical (unpaired) electrons. The van der Waals surface area contributed by atoms with Crippen LogP contribution < -0.4 is 0 Å². The highest BCUT2D eigenvalue weighted by atomic mass is 16.5. The summed E-state index contributed by atoms with van der Waals surface area (Å²) in [6, 6.07) is 0. The Hall–Kier alpha value is -2.64. The van der Waals surface area contributed by atoms with E-state index in [1.165, 1.54) is 0 Å². The number of rotatable bonds is 7. The van der Waals surface area contributed by atoms with Gasteiger partial charge in [0.05, 0.1) is 38.6 Å². The summed E-state index contributed by atoms with van der Waals surface area (Å²) in [4.78, 5) is 46.5. The van der Waals surface area contributed by atoms with Gasteiger partial charge >= 0.3 is 23.9 Å². The van der Waals surface area contributed by atoms with Crippen molar-refractivity contribution in [1.29, 1.82) is 0 Å². The van der Waals surface area contributed by atoms with E-state index in [1.54, 1.807) is 13.8 Å². The lowest BCUT2D eigenvalue weighted by molar-refractivity contribution is -0.142. The first-order valence-corrected chi connectivity index (χ1v) is 6.35. The molecule has 8 nitrogen and oxygen atoms in total. The summed E-state index contributed by atoms with van der Waals surface area (Å²) >= 11 is 0. The Labute approximate surface area is 127 Å². The normalized spacial score (nSPS) is 11.5. The van der Waals surface area contributed by atoms with Gasteiger partial charge in [-0.1, -0.05) is 0 Å². The van der Waals surface area contributed by atoms with Crippen LogP contribution in [0.1, 0.15) is 13.8 Å². The van der Waals surface area contributed by atoms with Crippen LogP contribution in [0.25, 0.3) is 0 Å². The van der Waals surface area contributed by atoms with Gasteiger partial charge < -0.3 is 18.9 Å². The minimum atomic E-state index is -1.01. The maximum atomic E-state index is 11.9. The monoisotopic (exact) mass is 314 g/mol. The molecule has 8 heteroatoms. The largest absolute Gasteiger partial charge is 0.466 e. The van der Waals surface area contributed by atoms with Crippen molar-refractivity contribution in [1.82, 2.24) is 0 Å². The standard InChI is InChI=1S/C14H18O8/c1-5-21-12(16)8-10(14(18)22-6-2)9(13(17)20-4)7-11(15)19-3/h7-8H,5-6H2,1-4H3/b9-7-,10-8-. The molecule has 0 unspecified atom stereocenters. The summed E-state index contributed by atoms with van der Waals surface area (Å²) in [6.07, 6.45) is 1.49. The van der Waals surface area contributed by atoms with Crippen LogP contribution in [0.3, 0.4) is 0 Å². The van der Waals surface area contributed by atoms with Crippen molar-refractivity contribution < 1.29 is 38.1 Å². The number of carbonyl (C=O) groups excluding carboxylic acids is 4. The average Bonchev–Trinajstić information content (AvgIpc) is 2.50. The molecule has 0 aromatic heterocycles. The third-order valence-electron chi connectivity index (χ3n) is 2.20. The number of hydrogen-bond donors (Lipinski definition) is 0. The molecule has 0 amide bonds. The fourth-order valence-corrected chi connectivity index (χ4v) is 1.29. The Bertz CT molecular complexity index is 501. The second-order valence-electron chi connectivity index (χ2n) is 3.60. The van der Waals surface area contributed by atoms with Crippen LogP contribution in [0.5, 0.6) is 0 Å². The molecule has 0 aromatic rings. The third kappa shape index (κ3) is 6.21. The fraction of sp³-hybridized carbons (Fsp3) is 0.429. The topological polar surface area (TPSA) is 105 Å². The first-order chi connectivity index (χ1) is 10.4. The first kappa shape index (κ1) is 19.4. The van der Waals surface area contributed by atoms with E-state index in [-0.39, 0.29) is 13.2 Å². The number of esters is 4. The zero-order valence-corrected chi connectivity index (χ0v) is 12.8. The summed E-state index contributed by atoms with van der Waals surface area (Å²) in [5.41, 5.74) is -0.932. The quantitative estimate of drug-likeness (QED) is 0.286. The lowest BCUT2D eigenvalue weighted by atomic mass is 10.1. The number of ether oxygens (including phenoxy) is 4. The van der Waals surface area contributed by atoms with Gasteiger partial charge in [0.2, 0.25) is 0 Å². The molecule has 0 heterocycles. The Morgan fingerprint density at radius 1 is 0.727 bits per heavy atom. The molecular formula is C14H18O8. The smallest absolute Gasteiger partial charge is 0.339 e. The average molecular weight is 314 g/mol. The summed E-state index contributed by atoms with van der Waals surface area (Å²) in [5.74, 6) is -3.75. The lowest BCUT2D eigenvalue weighted by Crippen LogP contribution is -2.19. The highest BCUT2D eigenvalue weighted by Crippen LogP contribution is 2.15. The van der Waals surface area contributed by atoms with Gasteiger partial charge in [0.15, 0.2) is 0 Å². The maximum absolute atomic E-state index is 11.9. The molecule has 0 aromatic carbocycles. The van der Waals surface area contributed by atoms with E-state index in [1.807, 2.05) is 0 Å². The molecule has 0 spiro atoms. The van der Waals surface area contributed by atoms with Crippen LogP contribution >= 0.6 is 0 Å². The van der Waals surface area contributed by atoms with Crippen molar-refractivity contribution in [3.05, 3.63) is 23.3 Å². The SMILES string of the molecule is CCOC(=O)/C=C(C(=O)OCC)/C(=C/C(=O)OC)C(=O)OC. The predicted octanol–water partition coefficient (Wildman–Crippen LogP) is 0.311. The van der Waals surface area contributed by atoms with Crippen molar-refractivity contribution in [2.24, 2.45) is 0 Å². The summed E-state index contributed by atoms with van der Waals surface area (Å²) in [5, 5.41) is 0. The first-order valence-electron chi connectivity index (χ1n) is 6.35. The third-order valence-corrected chi connectivity index (χ3v) is 2.20. The molecule has 0 aliphatic carbocycles. The van der Waals surface area contributed by atoms with Gasteiger partial charge in [-0.05, 0) is 13.8 Å². The van der Waals surface area contributed by atoms with E-state index in [2.05, 4.69) is 14.2 Å². The number of methoxy groups -OCH3 is 2. The van der Waals surface area contributed by atoms with Crippen molar-refractivity contribution >= 4 is 23.9 Å². The molecule has 0 saturated heterocycles. The van der Waals surface area contributed by atoms with Crippen LogP contribution in [0.2, 0.25) is 0 Å². The lowest BCUT2D eigenvalue weighted by Gasteiger charge is -2.09. The molecule has 0 rings (SSSR count). The molecule has 0 N–H and O–H groups in total. The van der Waals surface area contributed by atoms with Crippen LogP contribution in [0.15, 0.2) is 23.3 Å². The maximum Gasteiger partial charge on any atom is 0.339 e. The number of hydrogen-bond acceptors (Lipinski definition) is 8. The number of carbonyl (C=O) groups is 4. The fourth-order valence-electron chi connectivity index (χ4n) is 1.29. The minimum absolute atomic E-state index is 0.00563. The summed E-state index contributed by atoms with van der Waals surface area (Å²) in [7, 11) is 2.15. The molecule has 0 saturated carbocycles. The van der Waals surface area contributed by atoms with Crippen molar-refractivity contribution in [3.63, 3.8) is 0 Å². The Kier molecular flexibility index (Phi) is 8.92. The van der Waals surface area contributed by atoms with E-state index in [9.17, 15) is 19.2 Å². The van der Waals surface area contributed by atoms with Crippen molar-refractivity contribution in [2.45, 2.75) is 13.8 Å². The second kappa shape index (κ2) is 10.1. The van der Waals surface area contributed by atoms with E-state index in [0.717, 1.165) is 26.4 Å². The van der Waals surface area contributed by atoms with Gasteiger partial charge in [-0.2, -0.15) is 0 Å². The Morgan fingerprint density at radius 2 is 1.23 bits per heavy atom. The van der Waals surface area contributed by atoms with E-state index in [0.29, 0.717) is 0 Å². The van der Waals surface area contributed by atoms with Crippen molar-refractivity contribution in [2.75, 3.05) is 27.4 Å². The molecule has 0 fully saturated rings. The van der Waals surface area contributed by atoms with Crippen LogP contribution in [0.4, 0.5) is 0 Å². The molecule has 0 bridgehead atoms. The van der Waals surface area contributed by atoms with Gasteiger partial charge in [0, 0.05) is 12.2 Å². The highest BCUT2D eigenvalue weighted by molar-refractivity contribution is 6.12. The van der Waals surface area contributed by atoms with Gasteiger partial charge in [-0.3, -0.25) is 0 Å². The van der Waals surface area contributed by atoms with E-state index < -0.39 is 35.0 Å². The van der Waals surface area contributed by atoms with Gasteiger partial charge in [-0.15, -0.1) is 0 Å². The van der Waals surface area contributed by atoms with Gasteiger partial charge in [0.1, 0.15) is 0 Å². The Morgan fingerprint density at radius 3 is 1.68 bits per heavy atom. The highest BCUT2D eigenvalue weighted by Gasteiger charge is 2.25. The molecule has 0 aliphatic rings. The zero-order chi connectivity index (χ0) is 17.1. The molecule has 0 aliphatic heterocycles. The van der Waals surface area contributed by atoms with Crippen LogP contribution in [-0.4, -0.2) is 51.3 Å². The van der Waals surface area contributed by atoms with Crippen LogP contribution in [-0.2, 0) is 38.1 Å². The van der Waals surface area contributed by atoms with E-state index in [4.69, 9.17) is 4.74 Å². The van der Waals surface area contributed by atoms with Crippen molar-refractivity contribution in [3.8, 4) is 0 Å². The second-order valence-corrected chi connectivity index (χ2v) is 3.60. The van der Waals surface area contributed by atoms with Gasteiger partial charge in [-0.25, -0.2) is 19.2 Å². The predicted molar refractivity (Wildman–Crippen MR) is 73.5 cm³/mol. The summed E-state index contributed by atoms with van der Waals surface area (Å²) in [6.45, 7) is 3.19. The van der Waals surface area contributed by atoms with E-state index >= 15 is 0 Å². The molecule has 122 valence electrons. The van der Waals surface area contributed by atoms with Crippen LogP contribution in [0, 0.1) is 0 Å². The zero-order valence-electron chi connectivity index (χ0n) is 12.8. The molecular weight excluding hydrogens is 296 g/mol.